The molecular weight excluding hydrogens is 124 g/mol. The summed E-state index contributed by atoms with van der Waals surface area (Å²) in [6, 6.07) is 0. The van der Waals surface area contributed by atoms with E-state index in [1.807, 2.05) is 0 Å². The van der Waals surface area contributed by atoms with E-state index in [1.54, 1.807) is 0 Å². The summed E-state index contributed by atoms with van der Waals surface area (Å²) in [7, 11) is 0. The third-order valence-corrected chi connectivity index (χ3v) is 2.01. The normalized spacial score (nSPS) is 21.5. The fraction of sp³-hybridized carbons (Fsp3) is 0.750. The molecule has 1 aliphatic rings. The van der Waals surface area contributed by atoms with E-state index in [9.17, 15) is 0 Å². The quantitative estimate of drug-likeness (QED) is 0.569. The Bertz CT molecular complexity index is 110. The highest BCUT2D eigenvalue weighted by Gasteiger charge is 2.10. The SMILES string of the molecule is C=C1CCN(CCN)CC1. The largest absolute Gasteiger partial charge is 0.329 e. The third-order valence-electron chi connectivity index (χ3n) is 2.01. The summed E-state index contributed by atoms with van der Waals surface area (Å²) in [5.74, 6) is 0. The van der Waals surface area contributed by atoms with Crippen molar-refractivity contribution in [3.63, 3.8) is 0 Å². The van der Waals surface area contributed by atoms with E-state index in [4.69, 9.17) is 5.73 Å². The number of likely N-dealkylation sites (tertiary alicyclic amines) is 1. The van der Waals surface area contributed by atoms with Crippen LogP contribution >= 0.6 is 0 Å². The van der Waals surface area contributed by atoms with E-state index < -0.39 is 0 Å². The number of nitrogens with zero attached hydrogens (tertiary/aromatic N) is 1. The first kappa shape index (κ1) is 7.76. The van der Waals surface area contributed by atoms with Crippen molar-refractivity contribution in [2.24, 2.45) is 5.73 Å². The Morgan fingerprint density at radius 3 is 2.50 bits per heavy atom. The summed E-state index contributed by atoms with van der Waals surface area (Å²) in [4.78, 5) is 2.40. The van der Waals surface area contributed by atoms with Crippen molar-refractivity contribution in [3.05, 3.63) is 12.2 Å². The summed E-state index contributed by atoms with van der Waals surface area (Å²) in [6.07, 6.45) is 2.33. The maximum Gasteiger partial charge on any atom is 0.0105 e. The Kier molecular flexibility index (Phi) is 2.90. The van der Waals surface area contributed by atoms with Crippen LogP contribution in [0, 0.1) is 0 Å². The van der Waals surface area contributed by atoms with Crippen molar-refractivity contribution in [1.29, 1.82) is 0 Å². The lowest BCUT2D eigenvalue weighted by atomic mass is 10.1. The van der Waals surface area contributed by atoms with E-state index in [0.717, 1.165) is 26.2 Å². The molecule has 0 aromatic heterocycles. The number of piperidine rings is 1. The van der Waals surface area contributed by atoms with Crippen molar-refractivity contribution in [2.45, 2.75) is 12.8 Å². The molecule has 58 valence electrons. The van der Waals surface area contributed by atoms with E-state index in [-0.39, 0.29) is 0 Å². The summed E-state index contributed by atoms with van der Waals surface area (Å²) < 4.78 is 0. The summed E-state index contributed by atoms with van der Waals surface area (Å²) in [6.45, 7) is 8.11. The fourth-order valence-electron chi connectivity index (χ4n) is 1.28. The highest BCUT2D eigenvalue weighted by atomic mass is 15.1. The van der Waals surface area contributed by atoms with Crippen LogP contribution in [0.15, 0.2) is 12.2 Å². The zero-order chi connectivity index (χ0) is 7.40. The second kappa shape index (κ2) is 3.74. The van der Waals surface area contributed by atoms with Gasteiger partial charge in [-0.15, -0.1) is 0 Å². The van der Waals surface area contributed by atoms with Crippen molar-refractivity contribution in [1.82, 2.24) is 4.90 Å². The van der Waals surface area contributed by atoms with Gasteiger partial charge in [0.25, 0.3) is 0 Å². The van der Waals surface area contributed by atoms with Crippen LogP contribution in [0.3, 0.4) is 0 Å². The van der Waals surface area contributed by atoms with Gasteiger partial charge in [-0.2, -0.15) is 0 Å². The van der Waals surface area contributed by atoms with Crippen molar-refractivity contribution >= 4 is 0 Å². The minimum atomic E-state index is 0.784. The van der Waals surface area contributed by atoms with Gasteiger partial charge in [0.2, 0.25) is 0 Å². The predicted molar refractivity (Wildman–Crippen MR) is 43.9 cm³/mol. The molecule has 0 aliphatic carbocycles. The van der Waals surface area contributed by atoms with Gasteiger partial charge < -0.3 is 10.6 Å². The van der Waals surface area contributed by atoms with Crippen LogP contribution in [-0.4, -0.2) is 31.1 Å². The average molecular weight is 140 g/mol. The van der Waals surface area contributed by atoms with Gasteiger partial charge in [-0.3, -0.25) is 0 Å². The summed E-state index contributed by atoms with van der Waals surface area (Å²) in [5, 5.41) is 0. The molecule has 2 heteroatoms. The number of hydrogen-bond acceptors (Lipinski definition) is 2. The van der Waals surface area contributed by atoms with Crippen LogP contribution in [-0.2, 0) is 0 Å². The average Bonchev–Trinajstić information content (AvgIpc) is 1.95. The van der Waals surface area contributed by atoms with Gasteiger partial charge in [-0.25, -0.2) is 0 Å². The predicted octanol–water partition coefficient (Wildman–Crippen LogP) is 0.597. The summed E-state index contributed by atoms with van der Waals surface area (Å²) >= 11 is 0. The van der Waals surface area contributed by atoms with Crippen LogP contribution in [0.1, 0.15) is 12.8 Å². The fourth-order valence-corrected chi connectivity index (χ4v) is 1.28. The minimum absolute atomic E-state index is 0.784. The molecule has 0 atom stereocenters. The van der Waals surface area contributed by atoms with Gasteiger partial charge in [0.05, 0.1) is 0 Å². The highest BCUT2D eigenvalue weighted by Crippen LogP contribution is 2.12. The number of nitrogens with two attached hydrogens (primary N) is 1. The second-order valence-electron chi connectivity index (χ2n) is 2.88. The van der Waals surface area contributed by atoms with Crippen molar-refractivity contribution in [2.75, 3.05) is 26.2 Å². The Morgan fingerprint density at radius 1 is 1.40 bits per heavy atom. The lowest BCUT2D eigenvalue weighted by Gasteiger charge is -2.26. The molecule has 0 aromatic rings. The minimum Gasteiger partial charge on any atom is -0.329 e. The standard InChI is InChI=1S/C8H16N2/c1-8-2-5-10(6-3-8)7-4-9/h1-7,9H2. The highest BCUT2D eigenvalue weighted by molar-refractivity contribution is 4.98. The van der Waals surface area contributed by atoms with Gasteiger partial charge in [0, 0.05) is 26.2 Å². The van der Waals surface area contributed by atoms with Gasteiger partial charge >= 0.3 is 0 Å². The maximum absolute atomic E-state index is 5.43. The molecule has 0 bridgehead atoms. The second-order valence-corrected chi connectivity index (χ2v) is 2.88. The molecule has 10 heavy (non-hydrogen) atoms. The van der Waals surface area contributed by atoms with Crippen LogP contribution in [0.25, 0.3) is 0 Å². The summed E-state index contributed by atoms with van der Waals surface area (Å²) in [5.41, 5.74) is 6.83. The first-order valence-electron chi connectivity index (χ1n) is 3.92. The van der Waals surface area contributed by atoms with Crippen LogP contribution in [0.2, 0.25) is 0 Å². The van der Waals surface area contributed by atoms with Crippen LogP contribution in [0.4, 0.5) is 0 Å². The van der Waals surface area contributed by atoms with E-state index in [1.165, 1.54) is 18.4 Å². The van der Waals surface area contributed by atoms with Gasteiger partial charge in [0.1, 0.15) is 0 Å². The van der Waals surface area contributed by atoms with Crippen molar-refractivity contribution in [3.8, 4) is 0 Å². The van der Waals surface area contributed by atoms with Gasteiger partial charge in [-0.05, 0) is 12.8 Å². The Hall–Kier alpha value is -0.340. The molecule has 1 rings (SSSR count). The van der Waals surface area contributed by atoms with Gasteiger partial charge in [-0.1, -0.05) is 12.2 Å². The molecule has 1 fully saturated rings. The molecular formula is C8H16N2. The first-order valence-corrected chi connectivity index (χ1v) is 3.92. The Morgan fingerprint density at radius 2 is 2.00 bits per heavy atom. The molecule has 1 saturated heterocycles. The first-order chi connectivity index (χ1) is 4.83. The molecule has 1 aliphatic heterocycles. The van der Waals surface area contributed by atoms with Crippen molar-refractivity contribution < 1.29 is 0 Å². The maximum atomic E-state index is 5.43. The topological polar surface area (TPSA) is 29.3 Å². The van der Waals surface area contributed by atoms with Crippen LogP contribution in [0.5, 0.6) is 0 Å². The van der Waals surface area contributed by atoms with E-state index in [2.05, 4.69) is 11.5 Å². The molecule has 0 aromatic carbocycles. The number of rotatable bonds is 2. The molecule has 2 N–H and O–H groups in total. The molecule has 2 nitrogen and oxygen atoms in total. The van der Waals surface area contributed by atoms with Gasteiger partial charge in [0.15, 0.2) is 0 Å². The zero-order valence-electron chi connectivity index (χ0n) is 6.47. The molecule has 0 saturated carbocycles. The Labute approximate surface area is 62.7 Å². The van der Waals surface area contributed by atoms with Crippen LogP contribution < -0.4 is 5.73 Å². The monoisotopic (exact) mass is 140 g/mol. The lowest BCUT2D eigenvalue weighted by Crippen LogP contribution is -2.34. The number of hydrogen-bond donors (Lipinski definition) is 1. The zero-order valence-corrected chi connectivity index (χ0v) is 6.47. The smallest absolute Gasteiger partial charge is 0.0105 e. The van der Waals surface area contributed by atoms with E-state index >= 15 is 0 Å². The molecule has 0 unspecified atom stereocenters. The molecule has 0 radical (unpaired) electrons. The lowest BCUT2D eigenvalue weighted by molar-refractivity contribution is 0.264. The molecule has 0 amide bonds. The third kappa shape index (κ3) is 2.12. The molecule has 0 spiro atoms. The molecule has 1 heterocycles. The Balaban J connectivity index is 2.19. The van der Waals surface area contributed by atoms with E-state index in [0.29, 0.717) is 0 Å².